The van der Waals surface area contributed by atoms with Crippen molar-refractivity contribution in [1.82, 2.24) is 10.6 Å². The number of para-hydroxylation sites is 1. The number of hydrogen-bond acceptors (Lipinski definition) is 2. The Balaban J connectivity index is 1.85. The third kappa shape index (κ3) is 4.34. The molecule has 2 aromatic rings. The van der Waals surface area contributed by atoms with E-state index in [-0.39, 0.29) is 5.96 Å². The zero-order valence-corrected chi connectivity index (χ0v) is 12.7. The molecule has 22 heavy (non-hydrogen) atoms. The number of aryl methyl sites for hydroxylation is 2. The third-order valence-electron chi connectivity index (χ3n) is 3.27. The zero-order valence-electron chi connectivity index (χ0n) is 12.7. The van der Waals surface area contributed by atoms with E-state index in [9.17, 15) is 4.79 Å². The largest absolute Gasteiger partial charge is 0.352 e. The monoisotopic (exact) mass is 296 g/mol. The van der Waals surface area contributed by atoms with Crippen molar-refractivity contribution >= 4 is 17.7 Å². The van der Waals surface area contributed by atoms with E-state index >= 15 is 0 Å². The highest BCUT2D eigenvalue weighted by molar-refractivity contribution is 6.02. The minimum atomic E-state index is -0.428. The molecule has 0 spiro atoms. The summed E-state index contributed by atoms with van der Waals surface area (Å²) >= 11 is 0. The van der Waals surface area contributed by atoms with Gasteiger partial charge in [-0.15, -0.1) is 0 Å². The molecular formula is C17H20N4O. The van der Waals surface area contributed by atoms with Crippen LogP contribution >= 0.6 is 0 Å². The molecule has 0 heterocycles. The molecule has 0 radical (unpaired) electrons. The Bertz CT molecular complexity index is 647. The van der Waals surface area contributed by atoms with Crippen LogP contribution in [0.25, 0.3) is 0 Å². The van der Waals surface area contributed by atoms with Crippen molar-refractivity contribution in [2.24, 2.45) is 0 Å². The number of rotatable bonds is 3. The van der Waals surface area contributed by atoms with Gasteiger partial charge in [0, 0.05) is 12.2 Å². The van der Waals surface area contributed by atoms with Crippen LogP contribution in [0.3, 0.4) is 0 Å². The Morgan fingerprint density at radius 1 is 1.00 bits per heavy atom. The van der Waals surface area contributed by atoms with E-state index in [1.807, 2.05) is 62.4 Å². The topological polar surface area (TPSA) is 77.0 Å². The number of amides is 2. The fourth-order valence-electron chi connectivity index (χ4n) is 2.10. The van der Waals surface area contributed by atoms with Gasteiger partial charge in [-0.05, 0) is 30.5 Å². The summed E-state index contributed by atoms with van der Waals surface area (Å²) in [6, 6.07) is 15.1. The molecule has 5 nitrogen and oxygen atoms in total. The van der Waals surface area contributed by atoms with E-state index in [0.29, 0.717) is 6.54 Å². The average molecular weight is 296 g/mol. The molecule has 114 valence electrons. The van der Waals surface area contributed by atoms with E-state index in [1.54, 1.807) is 0 Å². The third-order valence-corrected chi connectivity index (χ3v) is 3.27. The molecule has 0 bridgehead atoms. The first-order valence-electron chi connectivity index (χ1n) is 7.07. The van der Waals surface area contributed by atoms with Crippen LogP contribution in [0.1, 0.15) is 16.7 Å². The van der Waals surface area contributed by atoms with Crippen LogP contribution < -0.4 is 16.0 Å². The first-order chi connectivity index (χ1) is 10.6. The molecule has 0 fully saturated rings. The number of hydrogen-bond donors (Lipinski definition) is 4. The molecule has 2 amide bonds. The Morgan fingerprint density at radius 2 is 1.64 bits per heavy atom. The Kier molecular flexibility index (Phi) is 5.14. The lowest BCUT2D eigenvalue weighted by Gasteiger charge is -2.13. The standard InChI is InChI=1S/C17H20N4O/c1-12-7-6-8-13(2)15(12)20-17(22)21-16(18)19-11-14-9-4-3-5-10-14/h3-10H,11H2,1-2H3,(H4,18,19,20,21,22). The summed E-state index contributed by atoms with van der Waals surface area (Å²) in [5.74, 6) is -0.0346. The van der Waals surface area contributed by atoms with E-state index in [4.69, 9.17) is 5.41 Å². The lowest BCUT2D eigenvalue weighted by Crippen LogP contribution is -2.42. The van der Waals surface area contributed by atoms with Gasteiger partial charge in [-0.3, -0.25) is 10.7 Å². The van der Waals surface area contributed by atoms with Crippen LogP contribution in [0, 0.1) is 19.3 Å². The molecule has 2 aromatic carbocycles. The first kappa shape index (κ1) is 15.6. The number of carbonyl (C=O) groups excluding carboxylic acids is 1. The average Bonchev–Trinajstić information content (AvgIpc) is 2.50. The van der Waals surface area contributed by atoms with Crippen molar-refractivity contribution in [3.63, 3.8) is 0 Å². The predicted octanol–water partition coefficient (Wildman–Crippen LogP) is 3.15. The van der Waals surface area contributed by atoms with Gasteiger partial charge in [-0.25, -0.2) is 4.79 Å². The van der Waals surface area contributed by atoms with E-state index in [2.05, 4.69) is 16.0 Å². The van der Waals surface area contributed by atoms with Crippen LogP contribution in [-0.4, -0.2) is 12.0 Å². The van der Waals surface area contributed by atoms with E-state index < -0.39 is 6.03 Å². The minimum Gasteiger partial charge on any atom is -0.352 e. The minimum absolute atomic E-state index is 0.0346. The van der Waals surface area contributed by atoms with Gasteiger partial charge in [0.2, 0.25) is 0 Å². The molecule has 0 aliphatic heterocycles. The van der Waals surface area contributed by atoms with Crippen molar-refractivity contribution in [3.8, 4) is 0 Å². The van der Waals surface area contributed by atoms with E-state index in [0.717, 1.165) is 22.4 Å². The van der Waals surface area contributed by atoms with Gasteiger partial charge in [0.15, 0.2) is 5.96 Å². The molecular weight excluding hydrogens is 276 g/mol. The lowest BCUT2D eigenvalue weighted by molar-refractivity contribution is 0.255. The molecule has 0 atom stereocenters. The summed E-state index contributed by atoms with van der Waals surface area (Å²) in [6.45, 7) is 4.35. The summed E-state index contributed by atoms with van der Waals surface area (Å²) in [7, 11) is 0. The molecule has 5 heteroatoms. The van der Waals surface area contributed by atoms with Gasteiger partial charge in [0.25, 0.3) is 0 Å². The maximum atomic E-state index is 11.9. The summed E-state index contributed by atoms with van der Waals surface area (Å²) in [4.78, 5) is 11.9. The van der Waals surface area contributed by atoms with Crippen LogP contribution in [0.2, 0.25) is 0 Å². The Morgan fingerprint density at radius 3 is 2.27 bits per heavy atom. The van der Waals surface area contributed by atoms with Gasteiger partial charge < -0.3 is 10.6 Å². The zero-order chi connectivity index (χ0) is 15.9. The Labute approximate surface area is 130 Å². The SMILES string of the molecule is Cc1cccc(C)c1NC(=O)NC(=N)NCc1ccccc1. The quantitative estimate of drug-likeness (QED) is 0.519. The smallest absolute Gasteiger partial charge is 0.326 e. The molecule has 0 aliphatic carbocycles. The number of guanidine groups is 1. The molecule has 0 aromatic heterocycles. The Hall–Kier alpha value is -2.82. The highest BCUT2D eigenvalue weighted by Crippen LogP contribution is 2.18. The van der Waals surface area contributed by atoms with Crippen molar-refractivity contribution in [2.45, 2.75) is 20.4 Å². The first-order valence-corrected chi connectivity index (χ1v) is 7.07. The highest BCUT2D eigenvalue weighted by Gasteiger charge is 2.08. The molecule has 0 unspecified atom stereocenters. The van der Waals surface area contributed by atoms with Gasteiger partial charge in [0.05, 0.1) is 0 Å². The second-order valence-electron chi connectivity index (χ2n) is 5.06. The van der Waals surface area contributed by atoms with E-state index in [1.165, 1.54) is 0 Å². The van der Waals surface area contributed by atoms with Crippen molar-refractivity contribution in [2.75, 3.05) is 5.32 Å². The van der Waals surface area contributed by atoms with Crippen molar-refractivity contribution in [3.05, 3.63) is 65.2 Å². The summed E-state index contributed by atoms with van der Waals surface area (Å²) < 4.78 is 0. The van der Waals surface area contributed by atoms with Crippen LogP contribution in [-0.2, 0) is 6.54 Å². The molecule has 0 saturated carbocycles. The fourth-order valence-corrected chi connectivity index (χ4v) is 2.10. The van der Waals surface area contributed by atoms with Gasteiger partial charge in [0.1, 0.15) is 0 Å². The van der Waals surface area contributed by atoms with Crippen LogP contribution in [0.5, 0.6) is 0 Å². The summed E-state index contributed by atoms with van der Waals surface area (Å²) in [5.41, 5.74) is 3.79. The lowest BCUT2D eigenvalue weighted by atomic mass is 10.1. The number of nitrogens with one attached hydrogen (secondary N) is 4. The molecule has 0 saturated heterocycles. The second kappa shape index (κ2) is 7.26. The second-order valence-corrected chi connectivity index (χ2v) is 5.06. The molecule has 2 rings (SSSR count). The highest BCUT2D eigenvalue weighted by atomic mass is 16.2. The number of carbonyl (C=O) groups is 1. The molecule has 0 aliphatic rings. The normalized spacial score (nSPS) is 9.91. The van der Waals surface area contributed by atoms with Gasteiger partial charge >= 0.3 is 6.03 Å². The fraction of sp³-hybridized carbons (Fsp3) is 0.176. The maximum absolute atomic E-state index is 11.9. The molecule has 4 N–H and O–H groups in total. The van der Waals surface area contributed by atoms with Crippen molar-refractivity contribution < 1.29 is 4.79 Å². The van der Waals surface area contributed by atoms with Crippen molar-refractivity contribution in [1.29, 1.82) is 5.41 Å². The summed E-state index contributed by atoms with van der Waals surface area (Å²) in [6.07, 6.45) is 0. The van der Waals surface area contributed by atoms with Gasteiger partial charge in [-0.2, -0.15) is 0 Å². The predicted molar refractivity (Wildman–Crippen MR) is 89.1 cm³/mol. The van der Waals surface area contributed by atoms with Gasteiger partial charge in [-0.1, -0.05) is 48.5 Å². The van der Waals surface area contributed by atoms with Crippen LogP contribution in [0.4, 0.5) is 10.5 Å². The van der Waals surface area contributed by atoms with Crippen LogP contribution in [0.15, 0.2) is 48.5 Å². The number of urea groups is 1. The number of benzene rings is 2. The maximum Gasteiger partial charge on any atom is 0.326 e. The number of anilines is 1. The summed E-state index contributed by atoms with van der Waals surface area (Å²) in [5, 5.41) is 15.9.